The molecule has 0 saturated carbocycles. The van der Waals surface area contributed by atoms with Crippen molar-refractivity contribution in [3.8, 4) is 0 Å². The molecular weight excluding hydrogens is 472 g/mol. The van der Waals surface area contributed by atoms with Crippen LogP contribution in [0.5, 0.6) is 0 Å². The summed E-state index contributed by atoms with van der Waals surface area (Å²) >= 11 is 0. The number of benzene rings is 1. The second kappa shape index (κ2) is 9.62. The zero-order chi connectivity index (χ0) is 25.3. The maximum absolute atomic E-state index is 12.8. The highest BCUT2D eigenvalue weighted by molar-refractivity contribution is 7.89. The molecule has 1 aliphatic rings. The van der Waals surface area contributed by atoms with Gasteiger partial charge >= 0.3 is 5.69 Å². The molecule has 35 heavy (non-hydrogen) atoms. The molecule has 2 aromatic heterocycles. The Hall–Kier alpha value is -3.51. The van der Waals surface area contributed by atoms with E-state index in [1.807, 2.05) is 6.92 Å². The van der Waals surface area contributed by atoms with Crippen molar-refractivity contribution < 1.29 is 18.0 Å². The monoisotopic (exact) mass is 500 g/mol. The minimum atomic E-state index is -3.61. The van der Waals surface area contributed by atoms with Gasteiger partial charge in [-0.2, -0.15) is 4.31 Å². The summed E-state index contributed by atoms with van der Waals surface area (Å²) in [5.74, 6) is -0.279. The van der Waals surface area contributed by atoms with Gasteiger partial charge in [0.1, 0.15) is 5.82 Å². The van der Waals surface area contributed by atoms with Crippen LogP contribution in [0.4, 0.5) is 5.82 Å². The number of rotatable bonds is 6. The molecule has 12 heteroatoms. The molecule has 0 bridgehead atoms. The van der Waals surface area contributed by atoms with Crippen LogP contribution in [0.25, 0.3) is 11.2 Å². The first kappa shape index (κ1) is 24.6. The molecule has 1 aliphatic heterocycles. The number of piperazine rings is 1. The summed E-state index contributed by atoms with van der Waals surface area (Å²) in [7, 11) is -0.355. The predicted molar refractivity (Wildman–Crippen MR) is 130 cm³/mol. The van der Waals surface area contributed by atoms with E-state index in [2.05, 4.69) is 10.3 Å². The van der Waals surface area contributed by atoms with E-state index in [1.54, 1.807) is 55.4 Å². The summed E-state index contributed by atoms with van der Waals surface area (Å²) in [4.78, 5) is 43.1. The number of hydrogen-bond donors (Lipinski definition) is 1. The van der Waals surface area contributed by atoms with Gasteiger partial charge in [-0.05, 0) is 31.2 Å². The number of anilines is 1. The maximum atomic E-state index is 12.8. The Morgan fingerprint density at radius 2 is 1.60 bits per heavy atom. The molecule has 2 amide bonds. The first-order chi connectivity index (χ1) is 16.6. The SMILES string of the molecule is Cc1ccc(S(=O)(=O)N2CCN(C(=O)CCC(=O)Nc3ccc4c(n3)n(C)c(=O)n4C)CC2)cc1. The highest BCUT2D eigenvalue weighted by Gasteiger charge is 2.30. The number of fused-ring (bicyclic) bond motifs is 1. The number of aryl methyl sites for hydroxylation is 3. The standard InChI is InChI=1S/C23H28N6O5S/c1-16-4-6-17(7-5-16)35(33,34)29-14-12-28(13-15-29)21(31)11-10-20(30)24-19-9-8-18-22(25-19)27(3)23(32)26(18)2/h4-9H,10-15H2,1-3H3,(H,24,25,30). The number of sulfonamides is 1. The average molecular weight is 501 g/mol. The summed E-state index contributed by atoms with van der Waals surface area (Å²) < 4.78 is 29.9. The van der Waals surface area contributed by atoms with Crippen molar-refractivity contribution in [1.29, 1.82) is 0 Å². The summed E-state index contributed by atoms with van der Waals surface area (Å²) in [6.45, 7) is 2.84. The molecule has 1 N–H and O–H groups in total. The lowest BCUT2D eigenvalue weighted by Gasteiger charge is -2.34. The van der Waals surface area contributed by atoms with Gasteiger partial charge in [-0.3, -0.25) is 18.7 Å². The van der Waals surface area contributed by atoms with Crippen LogP contribution in [-0.4, -0.2) is 69.7 Å². The molecule has 1 fully saturated rings. The zero-order valence-corrected chi connectivity index (χ0v) is 20.7. The van der Waals surface area contributed by atoms with E-state index in [1.165, 1.54) is 13.4 Å². The number of pyridine rings is 1. The molecule has 11 nitrogen and oxygen atoms in total. The van der Waals surface area contributed by atoms with E-state index in [0.717, 1.165) is 5.56 Å². The van der Waals surface area contributed by atoms with Crippen molar-refractivity contribution in [2.24, 2.45) is 14.1 Å². The molecule has 0 aliphatic carbocycles. The highest BCUT2D eigenvalue weighted by atomic mass is 32.2. The largest absolute Gasteiger partial charge is 0.340 e. The quantitative estimate of drug-likeness (QED) is 0.534. The molecule has 186 valence electrons. The number of amides is 2. The summed E-state index contributed by atoms with van der Waals surface area (Å²) in [5.41, 5.74) is 1.86. The van der Waals surface area contributed by atoms with Crippen molar-refractivity contribution >= 4 is 38.8 Å². The maximum Gasteiger partial charge on any atom is 0.329 e. The van der Waals surface area contributed by atoms with E-state index in [0.29, 0.717) is 17.0 Å². The lowest BCUT2D eigenvalue weighted by molar-refractivity contribution is -0.133. The lowest BCUT2D eigenvalue weighted by atomic mass is 10.2. The lowest BCUT2D eigenvalue weighted by Crippen LogP contribution is -2.50. The number of hydrogen-bond acceptors (Lipinski definition) is 6. The minimum absolute atomic E-state index is 0.00259. The third kappa shape index (κ3) is 4.98. The molecule has 1 saturated heterocycles. The second-order valence-corrected chi connectivity index (χ2v) is 10.5. The van der Waals surface area contributed by atoms with Crippen molar-refractivity contribution in [3.63, 3.8) is 0 Å². The van der Waals surface area contributed by atoms with E-state index in [4.69, 9.17) is 0 Å². The molecule has 0 unspecified atom stereocenters. The van der Waals surface area contributed by atoms with Gasteiger partial charge in [0.05, 0.1) is 10.4 Å². The Morgan fingerprint density at radius 3 is 2.26 bits per heavy atom. The van der Waals surface area contributed by atoms with Crippen molar-refractivity contribution in [2.75, 3.05) is 31.5 Å². The Morgan fingerprint density at radius 1 is 0.943 bits per heavy atom. The number of carbonyl (C=O) groups excluding carboxylic acids is 2. The molecule has 4 rings (SSSR count). The molecule has 0 spiro atoms. The van der Waals surface area contributed by atoms with E-state index in [-0.39, 0.29) is 61.4 Å². The number of aromatic nitrogens is 3. The van der Waals surface area contributed by atoms with Gasteiger partial charge in [0.15, 0.2) is 5.65 Å². The van der Waals surface area contributed by atoms with Gasteiger partial charge in [0, 0.05) is 53.1 Å². The van der Waals surface area contributed by atoms with Crippen molar-refractivity contribution in [2.45, 2.75) is 24.7 Å². The van der Waals surface area contributed by atoms with E-state index < -0.39 is 10.0 Å². The van der Waals surface area contributed by atoms with Crippen LogP contribution in [0.1, 0.15) is 18.4 Å². The molecule has 0 radical (unpaired) electrons. The summed E-state index contributed by atoms with van der Waals surface area (Å²) in [6, 6.07) is 10.00. The fourth-order valence-corrected chi connectivity index (χ4v) is 5.48. The van der Waals surface area contributed by atoms with Gasteiger partial charge in [-0.15, -0.1) is 0 Å². The normalized spacial score (nSPS) is 14.9. The van der Waals surface area contributed by atoms with Gasteiger partial charge in [-0.1, -0.05) is 17.7 Å². The van der Waals surface area contributed by atoms with Crippen LogP contribution in [-0.2, 0) is 33.7 Å². The third-order valence-electron chi connectivity index (χ3n) is 6.19. The van der Waals surface area contributed by atoms with Crippen LogP contribution in [0.2, 0.25) is 0 Å². The summed E-state index contributed by atoms with van der Waals surface area (Å²) in [5, 5.41) is 2.66. The van der Waals surface area contributed by atoms with Crippen LogP contribution >= 0.6 is 0 Å². The molecule has 3 aromatic rings. The Labute approximate surface area is 203 Å². The van der Waals surface area contributed by atoms with Gasteiger partial charge in [0.25, 0.3) is 0 Å². The third-order valence-corrected chi connectivity index (χ3v) is 8.10. The van der Waals surface area contributed by atoms with Gasteiger partial charge in [-0.25, -0.2) is 18.2 Å². The molecular formula is C23H28N6O5S. The first-order valence-corrected chi connectivity index (χ1v) is 12.7. The smallest absolute Gasteiger partial charge is 0.329 e. The number of nitrogens with one attached hydrogen (secondary N) is 1. The van der Waals surface area contributed by atoms with Crippen LogP contribution in [0.15, 0.2) is 46.1 Å². The fourth-order valence-electron chi connectivity index (χ4n) is 4.06. The van der Waals surface area contributed by atoms with Crippen LogP contribution in [0.3, 0.4) is 0 Å². The highest BCUT2D eigenvalue weighted by Crippen LogP contribution is 2.19. The molecule has 3 heterocycles. The summed E-state index contributed by atoms with van der Waals surface area (Å²) in [6.07, 6.45) is -0.0310. The minimum Gasteiger partial charge on any atom is -0.340 e. The Balaban J connectivity index is 1.29. The Bertz CT molecular complexity index is 1430. The topological polar surface area (TPSA) is 127 Å². The van der Waals surface area contributed by atoms with Crippen molar-refractivity contribution in [3.05, 3.63) is 52.4 Å². The Kier molecular flexibility index (Phi) is 6.77. The van der Waals surface area contributed by atoms with E-state index in [9.17, 15) is 22.8 Å². The van der Waals surface area contributed by atoms with E-state index >= 15 is 0 Å². The van der Waals surface area contributed by atoms with Gasteiger partial charge in [0.2, 0.25) is 21.8 Å². The fraction of sp³-hybridized carbons (Fsp3) is 0.391. The molecule has 1 aromatic carbocycles. The number of carbonyl (C=O) groups is 2. The van der Waals surface area contributed by atoms with Crippen molar-refractivity contribution in [1.82, 2.24) is 23.3 Å². The van der Waals surface area contributed by atoms with Crippen LogP contribution < -0.4 is 11.0 Å². The average Bonchev–Trinajstić information content (AvgIpc) is 3.06. The molecule has 0 atom stereocenters. The first-order valence-electron chi connectivity index (χ1n) is 11.2. The zero-order valence-electron chi connectivity index (χ0n) is 19.9. The second-order valence-electron chi connectivity index (χ2n) is 8.59. The number of imidazole rings is 1. The predicted octanol–water partition coefficient (Wildman–Crippen LogP) is 0.832. The van der Waals surface area contributed by atoms with Crippen LogP contribution in [0, 0.1) is 6.92 Å². The van der Waals surface area contributed by atoms with Gasteiger partial charge < -0.3 is 10.2 Å². The number of nitrogens with zero attached hydrogens (tertiary/aromatic N) is 5.